The van der Waals surface area contributed by atoms with Crippen LogP contribution in [-0.2, 0) is 33.3 Å². The molecule has 0 fully saturated rings. The van der Waals surface area contributed by atoms with E-state index in [1.54, 1.807) is 12.1 Å². The molecule has 2 aromatic rings. The largest absolute Gasteiger partial charge is 0.505 e. The van der Waals surface area contributed by atoms with Crippen molar-refractivity contribution in [3.8, 4) is 11.5 Å². The van der Waals surface area contributed by atoms with Gasteiger partial charge in [-0.3, -0.25) is 19.1 Å². The van der Waals surface area contributed by atoms with Gasteiger partial charge >= 0.3 is 13.7 Å². The Labute approximate surface area is 180 Å². The second-order valence-corrected chi connectivity index (χ2v) is 9.10. The number of aromatic nitrogens is 1. The van der Waals surface area contributed by atoms with Crippen molar-refractivity contribution in [2.45, 2.75) is 52.2 Å². The number of aldehydes is 1. The molecule has 1 aromatic carbocycles. The summed E-state index contributed by atoms with van der Waals surface area (Å²) in [6.07, 6.45) is 5.44. The fraction of sp³-hybridized carbons (Fsp3) is 0.381. The van der Waals surface area contributed by atoms with Gasteiger partial charge in [0.2, 0.25) is 0 Å². The highest BCUT2D eigenvalue weighted by Crippen LogP contribution is 2.48. The average molecular weight is 448 g/mol. The summed E-state index contributed by atoms with van der Waals surface area (Å²) in [5.41, 5.74) is 2.44. The molecule has 0 saturated carbocycles. The molecule has 1 heterocycles. The minimum absolute atomic E-state index is 0.0394. The molecule has 0 radical (unpaired) electrons. The molecule has 1 aromatic heterocycles. The van der Waals surface area contributed by atoms with Crippen LogP contribution in [0.2, 0.25) is 0 Å². The van der Waals surface area contributed by atoms with Crippen LogP contribution < -0.4 is 9.61 Å². The van der Waals surface area contributed by atoms with Gasteiger partial charge in [-0.1, -0.05) is 12.1 Å². The van der Waals surface area contributed by atoms with Crippen LogP contribution in [0.15, 0.2) is 24.4 Å². The van der Waals surface area contributed by atoms with Gasteiger partial charge in [0, 0.05) is 11.8 Å². The second kappa shape index (κ2) is 9.60. The van der Waals surface area contributed by atoms with Gasteiger partial charge in [-0.2, -0.15) is 5.09 Å². The molecule has 0 aliphatic heterocycles. The zero-order chi connectivity index (χ0) is 22.6. The first-order valence-corrected chi connectivity index (χ1v) is 11.5. The van der Waals surface area contributed by atoms with Gasteiger partial charge in [-0.15, -0.1) is 0 Å². The minimum Gasteiger partial charge on any atom is -0.505 e. The minimum atomic E-state index is -4.18. The molecule has 3 N–H and O–H groups in total. The number of aliphatic carboxylic acids is 1. The van der Waals surface area contributed by atoms with E-state index in [9.17, 15) is 24.4 Å². The van der Waals surface area contributed by atoms with Crippen molar-refractivity contribution in [1.82, 2.24) is 10.1 Å². The van der Waals surface area contributed by atoms with Gasteiger partial charge in [0.1, 0.15) is 17.5 Å². The molecule has 0 bridgehead atoms. The van der Waals surface area contributed by atoms with Gasteiger partial charge < -0.3 is 14.7 Å². The third-order valence-corrected chi connectivity index (χ3v) is 6.77. The molecule has 3 rings (SSSR count). The van der Waals surface area contributed by atoms with Crippen LogP contribution in [0.25, 0.3) is 0 Å². The Balaban J connectivity index is 1.90. The molecule has 0 saturated heterocycles. The molecule has 1 aliphatic rings. The van der Waals surface area contributed by atoms with Crippen LogP contribution >= 0.6 is 7.75 Å². The third kappa shape index (κ3) is 5.31. The number of hydrogen-bond acceptors (Lipinski definition) is 7. The Kier molecular flexibility index (Phi) is 7.10. The molecule has 9 nitrogen and oxygen atoms in total. The molecule has 0 amide bonds. The van der Waals surface area contributed by atoms with E-state index in [1.165, 1.54) is 20.0 Å². The molecule has 0 spiro atoms. The Morgan fingerprint density at radius 1 is 1.35 bits per heavy atom. The lowest BCUT2D eigenvalue weighted by molar-refractivity contribution is -0.138. The fourth-order valence-electron chi connectivity index (χ4n) is 3.40. The molecule has 1 aliphatic carbocycles. The number of nitrogens with zero attached hydrogens (tertiary/aromatic N) is 1. The van der Waals surface area contributed by atoms with Gasteiger partial charge in [0.05, 0.1) is 17.9 Å². The third-order valence-electron chi connectivity index (χ3n) is 5.16. The molecular formula is C21H25N2O7P. The highest BCUT2D eigenvalue weighted by Gasteiger charge is 2.33. The number of fused-ring (bicyclic) bond motifs is 1. The number of benzene rings is 1. The second-order valence-electron chi connectivity index (χ2n) is 7.40. The maximum absolute atomic E-state index is 13.5. The number of carbonyl (C=O) groups is 2. The van der Waals surface area contributed by atoms with E-state index in [4.69, 9.17) is 9.05 Å². The summed E-state index contributed by atoms with van der Waals surface area (Å²) in [7, 11) is -4.18. The van der Waals surface area contributed by atoms with Crippen molar-refractivity contribution in [3.63, 3.8) is 0 Å². The van der Waals surface area contributed by atoms with E-state index < -0.39 is 19.8 Å². The van der Waals surface area contributed by atoms with Crippen LogP contribution in [0.4, 0.5) is 0 Å². The number of carbonyl (C=O) groups excluding carboxylic acids is 1. The topological polar surface area (TPSA) is 135 Å². The number of carboxylic acid groups (broad SMARTS) is 1. The summed E-state index contributed by atoms with van der Waals surface area (Å²) in [5, 5.41) is 21.7. The van der Waals surface area contributed by atoms with Gasteiger partial charge in [-0.05, 0) is 56.7 Å². The maximum Gasteiger partial charge on any atom is 0.459 e. The predicted molar refractivity (Wildman–Crippen MR) is 112 cm³/mol. The first kappa shape index (κ1) is 22.9. The number of aromatic hydroxyl groups is 1. The molecular weight excluding hydrogens is 423 g/mol. The van der Waals surface area contributed by atoms with Crippen LogP contribution in [-0.4, -0.2) is 33.5 Å². The van der Waals surface area contributed by atoms with Crippen LogP contribution in [0.3, 0.4) is 0 Å². The quantitative estimate of drug-likeness (QED) is 0.389. The lowest BCUT2D eigenvalue weighted by Crippen LogP contribution is -2.33. The molecule has 166 valence electrons. The Morgan fingerprint density at radius 2 is 2.10 bits per heavy atom. The smallest absolute Gasteiger partial charge is 0.459 e. The number of aryl methyl sites for hydroxylation is 2. The zero-order valence-corrected chi connectivity index (χ0v) is 18.2. The number of hydrogen-bond donors (Lipinski definition) is 3. The van der Waals surface area contributed by atoms with E-state index in [0.717, 1.165) is 36.8 Å². The lowest BCUT2D eigenvalue weighted by Gasteiger charge is -2.25. The van der Waals surface area contributed by atoms with Crippen molar-refractivity contribution >= 4 is 20.0 Å². The van der Waals surface area contributed by atoms with E-state index in [0.29, 0.717) is 12.0 Å². The highest BCUT2D eigenvalue weighted by molar-refractivity contribution is 7.52. The van der Waals surface area contributed by atoms with E-state index in [-0.39, 0.29) is 29.2 Å². The van der Waals surface area contributed by atoms with E-state index >= 15 is 0 Å². The monoisotopic (exact) mass is 448 g/mol. The summed E-state index contributed by atoms with van der Waals surface area (Å²) in [4.78, 5) is 26.7. The van der Waals surface area contributed by atoms with Crippen LogP contribution in [0.5, 0.6) is 11.5 Å². The summed E-state index contributed by atoms with van der Waals surface area (Å²) >= 11 is 0. The normalized spacial score (nSPS) is 16.1. The summed E-state index contributed by atoms with van der Waals surface area (Å²) in [5.74, 6) is -1.16. The fourth-order valence-corrected chi connectivity index (χ4v) is 4.90. The first-order chi connectivity index (χ1) is 14.7. The Bertz CT molecular complexity index is 1040. The Hall–Kier alpha value is -2.74. The van der Waals surface area contributed by atoms with Gasteiger partial charge in [0.15, 0.2) is 6.29 Å². The molecule has 31 heavy (non-hydrogen) atoms. The number of carboxylic acids is 1. The average Bonchev–Trinajstić information content (AvgIpc) is 2.74. The standard InChI is InChI=1S/C21H25N2O7P/c1-13-20(25)18(11-24)16(10-22-13)12-29-31(28,23-14(2)21(26)27)30-19-9-5-7-15-6-3-4-8-17(15)19/h5,7,9-11,14,25H,3-4,6,8,12H2,1-2H3,(H,23,28)(H,26,27). The van der Waals surface area contributed by atoms with Crippen LogP contribution in [0.1, 0.15) is 52.5 Å². The highest BCUT2D eigenvalue weighted by atomic mass is 31.2. The first-order valence-electron chi connectivity index (χ1n) is 9.92. The van der Waals surface area contributed by atoms with Crippen molar-refractivity contribution < 1.29 is 33.4 Å². The van der Waals surface area contributed by atoms with Crippen molar-refractivity contribution in [2.75, 3.05) is 0 Å². The molecule has 2 atom stereocenters. The predicted octanol–water partition coefficient (Wildman–Crippen LogP) is 3.55. The maximum atomic E-state index is 13.5. The van der Waals surface area contributed by atoms with Gasteiger partial charge in [-0.25, -0.2) is 4.57 Å². The Morgan fingerprint density at radius 3 is 2.81 bits per heavy atom. The van der Waals surface area contributed by atoms with Crippen LogP contribution in [0, 0.1) is 6.92 Å². The van der Waals surface area contributed by atoms with Gasteiger partial charge in [0.25, 0.3) is 0 Å². The summed E-state index contributed by atoms with van der Waals surface area (Å²) in [6, 6.07) is 4.22. The summed E-state index contributed by atoms with van der Waals surface area (Å²) in [6.45, 7) is 2.47. The number of rotatable bonds is 9. The number of nitrogens with one attached hydrogen (secondary N) is 1. The van der Waals surface area contributed by atoms with E-state index in [2.05, 4.69) is 10.1 Å². The van der Waals surface area contributed by atoms with E-state index in [1.807, 2.05) is 6.07 Å². The molecule has 10 heteroatoms. The van der Waals surface area contributed by atoms with Crippen molar-refractivity contribution in [3.05, 3.63) is 52.3 Å². The molecule has 2 unspecified atom stereocenters. The number of pyridine rings is 1. The lowest BCUT2D eigenvalue weighted by atomic mass is 9.91. The zero-order valence-electron chi connectivity index (χ0n) is 17.3. The summed E-state index contributed by atoms with van der Waals surface area (Å²) < 4.78 is 24.8. The SMILES string of the molecule is Cc1ncc(COP(=O)(NC(C)C(=O)O)Oc2cccc3c2CCCC3)c(C=O)c1O. The van der Waals surface area contributed by atoms with Crippen molar-refractivity contribution in [2.24, 2.45) is 0 Å². The van der Waals surface area contributed by atoms with Crippen molar-refractivity contribution in [1.29, 1.82) is 0 Å².